The van der Waals surface area contributed by atoms with Crippen LogP contribution in [0.3, 0.4) is 0 Å². The number of carbonyl (C=O) groups excluding carboxylic acids is 1. The van der Waals surface area contributed by atoms with Gasteiger partial charge in [-0.2, -0.15) is 0 Å². The maximum absolute atomic E-state index is 11.7. The summed E-state index contributed by atoms with van der Waals surface area (Å²) < 4.78 is 5.20. The van der Waals surface area contributed by atoms with Crippen molar-refractivity contribution in [2.24, 2.45) is 0 Å². The number of nitrogens with one attached hydrogen (secondary N) is 2. The molecule has 1 saturated carbocycles. The monoisotopic (exact) mass is 250 g/mol. The average Bonchev–Trinajstić information content (AvgIpc) is 2.89. The summed E-state index contributed by atoms with van der Waals surface area (Å²) in [6.45, 7) is 1.38. The normalized spacial score (nSPS) is 16.7. The van der Waals surface area contributed by atoms with Crippen LogP contribution >= 0.6 is 0 Å². The van der Waals surface area contributed by atoms with E-state index in [4.69, 9.17) is 4.42 Å². The molecule has 100 valence electrons. The van der Waals surface area contributed by atoms with Gasteiger partial charge in [-0.05, 0) is 25.0 Å². The molecule has 0 atom stereocenters. The lowest BCUT2D eigenvalue weighted by atomic mass is 9.95. The highest BCUT2D eigenvalue weighted by Crippen LogP contribution is 2.17. The van der Waals surface area contributed by atoms with Crippen molar-refractivity contribution in [1.29, 1.82) is 0 Å². The summed E-state index contributed by atoms with van der Waals surface area (Å²) in [4.78, 5) is 11.7. The van der Waals surface area contributed by atoms with Crippen molar-refractivity contribution < 1.29 is 9.21 Å². The Balaban J connectivity index is 1.54. The SMILES string of the molecule is O=C(CCNCc1ccco1)NC1CCCCC1. The summed E-state index contributed by atoms with van der Waals surface area (Å²) in [6.07, 6.45) is 8.31. The average molecular weight is 250 g/mol. The summed E-state index contributed by atoms with van der Waals surface area (Å²) in [7, 11) is 0. The van der Waals surface area contributed by atoms with E-state index in [0.717, 1.165) is 18.6 Å². The third-order valence-electron chi connectivity index (χ3n) is 3.38. The molecule has 1 amide bonds. The molecule has 2 rings (SSSR count). The first-order valence-corrected chi connectivity index (χ1v) is 6.87. The third kappa shape index (κ3) is 4.53. The Morgan fingerprint density at radius 2 is 2.17 bits per heavy atom. The third-order valence-corrected chi connectivity index (χ3v) is 3.38. The molecule has 2 N–H and O–H groups in total. The fraction of sp³-hybridized carbons (Fsp3) is 0.643. The highest BCUT2D eigenvalue weighted by molar-refractivity contribution is 5.76. The standard InChI is InChI=1S/C14H22N2O2/c17-14(16-12-5-2-1-3-6-12)8-9-15-11-13-7-4-10-18-13/h4,7,10,12,15H,1-3,5-6,8-9,11H2,(H,16,17). The quantitative estimate of drug-likeness (QED) is 0.761. The fourth-order valence-electron chi connectivity index (χ4n) is 2.37. The van der Waals surface area contributed by atoms with Crippen molar-refractivity contribution >= 4 is 5.91 Å². The van der Waals surface area contributed by atoms with Gasteiger partial charge in [-0.25, -0.2) is 0 Å². The summed E-state index contributed by atoms with van der Waals surface area (Å²) in [6, 6.07) is 4.21. The van der Waals surface area contributed by atoms with Crippen LogP contribution in [0.2, 0.25) is 0 Å². The number of carbonyl (C=O) groups is 1. The molecule has 1 aromatic rings. The van der Waals surface area contributed by atoms with Crippen molar-refractivity contribution in [3.63, 3.8) is 0 Å². The molecule has 1 aliphatic rings. The van der Waals surface area contributed by atoms with E-state index in [2.05, 4.69) is 10.6 Å². The van der Waals surface area contributed by atoms with E-state index < -0.39 is 0 Å². The van der Waals surface area contributed by atoms with Crippen LogP contribution in [-0.4, -0.2) is 18.5 Å². The number of hydrogen-bond acceptors (Lipinski definition) is 3. The molecule has 18 heavy (non-hydrogen) atoms. The van der Waals surface area contributed by atoms with Gasteiger partial charge in [0, 0.05) is 19.0 Å². The van der Waals surface area contributed by atoms with Crippen molar-refractivity contribution in [2.45, 2.75) is 51.1 Å². The maximum Gasteiger partial charge on any atom is 0.221 e. The lowest BCUT2D eigenvalue weighted by Crippen LogP contribution is -2.37. The van der Waals surface area contributed by atoms with E-state index in [1.165, 1.54) is 19.3 Å². The number of rotatable bonds is 6. The van der Waals surface area contributed by atoms with Gasteiger partial charge in [0.15, 0.2) is 0 Å². The van der Waals surface area contributed by atoms with Crippen LogP contribution in [0.15, 0.2) is 22.8 Å². The van der Waals surface area contributed by atoms with Gasteiger partial charge in [0.25, 0.3) is 0 Å². The number of hydrogen-bond donors (Lipinski definition) is 2. The van der Waals surface area contributed by atoms with Crippen molar-refractivity contribution in [1.82, 2.24) is 10.6 Å². The van der Waals surface area contributed by atoms with E-state index in [1.54, 1.807) is 6.26 Å². The number of amides is 1. The lowest BCUT2D eigenvalue weighted by Gasteiger charge is -2.22. The predicted octanol–water partition coefficient (Wildman–Crippen LogP) is 2.21. The largest absolute Gasteiger partial charge is 0.468 e. The molecular formula is C14H22N2O2. The van der Waals surface area contributed by atoms with Gasteiger partial charge in [-0.15, -0.1) is 0 Å². The molecule has 1 aromatic heterocycles. The van der Waals surface area contributed by atoms with Crippen LogP contribution in [0.1, 0.15) is 44.3 Å². The Morgan fingerprint density at radius 3 is 2.89 bits per heavy atom. The van der Waals surface area contributed by atoms with E-state index in [1.807, 2.05) is 12.1 Å². The van der Waals surface area contributed by atoms with Gasteiger partial charge in [0.05, 0.1) is 12.8 Å². The minimum Gasteiger partial charge on any atom is -0.468 e. The van der Waals surface area contributed by atoms with Crippen molar-refractivity contribution in [3.05, 3.63) is 24.2 Å². The molecule has 1 aliphatic carbocycles. The van der Waals surface area contributed by atoms with Gasteiger partial charge in [0.1, 0.15) is 5.76 Å². The molecule has 4 nitrogen and oxygen atoms in total. The van der Waals surface area contributed by atoms with Gasteiger partial charge in [0.2, 0.25) is 5.91 Å². The zero-order valence-corrected chi connectivity index (χ0v) is 10.8. The zero-order chi connectivity index (χ0) is 12.6. The first kappa shape index (κ1) is 13.1. The van der Waals surface area contributed by atoms with Crippen LogP contribution in [-0.2, 0) is 11.3 Å². The summed E-state index contributed by atoms with van der Waals surface area (Å²) >= 11 is 0. The van der Waals surface area contributed by atoms with Gasteiger partial charge >= 0.3 is 0 Å². The van der Waals surface area contributed by atoms with Crippen LogP contribution in [0.25, 0.3) is 0 Å². The topological polar surface area (TPSA) is 54.3 Å². The van der Waals surface area contributed by atoms with Gasteiger partial charge < -0.3 is 15.1 Å². The van der Waals surface area contributed by atoms with Gasteiger partial charge in [-0.3, -0.25) is 4.79 Å². The van der Waals surface area contributed by atoms with E-state index in [-0.39, 0.29) is 5.91 Å². The molecule has 0 radical (unpaired) electrons. The first-order chi connectivity index (χ1) is 8.84. The van der Waals surface area contributed by atoms with Crippen LogP contribution in [0.5, 0.6) is 0 Å². The van der Waals surface area contributed by atoms with Crippen molar-refractivity contribution in [2.75, 3.05) is 6.54 Å². The second kappa shape index (κ2) is 7.21. The van der Waals surface area contributed by atoms with E-state index >= 15 is 0 Å². The molecule has 1 fully saturated rings. The second-order valence-electron chi connectivity index (χ2n) is 4.91. The molecule has 0 aliphatic heterocycles. The highest BCUT2D eigenvalue weighted by atomic mass is 16.3. The Hall–Kier alpha value is -1.29. The van der Waals surface area contributed by atoms with Gasteiger partial charge in [-0.1, -0.05) is 19.3 Å². The Kier molecular flexibility index (Phi) is 5.27. The minimum atomic E-state index is 0.161. The molecule has 0 unspecified atom stereocenters. The summed E-state index contributed by atoms with van der Waals surface area (Å²) in [5, 5.41) is 6.31. The molecule has 1 heterocycles. The molecular weight excluding hydrogens is 228 g/mol. The summed E-state index contributed by atoms with van der Waals surface area (Å²) in [5.41, 5.74) is 0. The van der Waals surface area contributed by atoms with Crippen LogP contribution in [0, 0.1) is 0 Å². The molecule has 4 heteroatoms. The molecule has 0 bridgehead atoms. The molecule has 0 aromatic carbocycles. The van der Waals surface area contributed by atoms with E-state index in [9.17, 15) is 4.79 Å². The predicted molar refractivity (Wildman–Crippen MR) is 70.0 cm³/mol. The molecule has 0 saturated heterocycles. The Labute approximate surface area is 108 Å². The lowest BCUT2D eigenvalue weighted by molar-refractivity contribution is -0.121. The van der Waals surface area contributed by atoms with E-state index in [0.29, 0.717) is 25.6 Å². The Morgan fingerprint density at radius 1 is 1.33 bits per heavy atom. The second-order valence-corrected chi connectivity index (χ2v) is 4.91. The fourth-order valence-corrected chi connectivity index (χ4v) is 2.37. The van der Waals surface area contributed by atoms with Crippen LogP contribution in [0.4, 0.5) is 0 Å². The van der Waals surface area contributed by atoms with Crippen LogP contribution < -0.4 is 10.6 Å². The maximum atomic E-state index is 11.7. The zero-order valence-electron chi connectivity index (χ0n) is 10.8. The highest BCUT2D eigenvalue weighted by Gasteiger charge is 2.14. The summed E-state index contributed by atoms with van der Waals surface area (Å²) in [5.74, 6) is 1.07. The smallest absolute Gasteiger partial charge is 0.221 e. The van der Waals surface area contributed by atoms with Crippen molar-refractivity contribution in [3.8, 4) is 0 Å². The number of furan rings is 1. The minimum absolute atomic E-state index is 0.161. The Bertz CT molecular complexity index is 343. The first-order valence-electron chi connectivity index (χ1n) is 6.87. The molecule has 0 spiro atoms.